The standard InChI is InChI=1S/C25H21N5O4S/c1-3-34-24(31)23-27-29(19-12-9-13-20(16-19)30(32)33)25(35-23)22-15-8-7-14-21(22)17(2)26-28(25)18-10-5-4-6-11-18/h4-16H,3H2,1-2H3. The summed E-state index contributed by atoms with van der Waals surface area (Å²) in [6, 6.07) is 23.5. The van der Waals surface area contributed by atoms with Crippen molar-refractivity contribution in [1.82, 2.24) is 0 Å². The van der Waals surface area contributed by atoms with Crippen LogP contribution < -0.4 is 10.0 Å². The number of ether oxygens (including phenoxy) is 1. The Balaban J connectivity index is 1.79. The molecule has 0 saturated carbocycles. The largest absolute Gasteiger partial charge is 0.461 e. The minimum absolute atomic E-state index is 0.0857. The average Bonchev–Trinajstić information content (AvgIpc) is 3.28. The van der Waals surface area contributed by atoms with E-state index in [1.807, 2.05) is 66.5 Å². The van der Waals surface area contributed by atoms with Gasteiger partial charge >= 0.3 is 5.97 Å². The predicted molar refractivity (Wildman–Crippen MR) is 136 cm³/mol. The lowest BCUT2D eigenvalue weighted by atomic mass is 9.98. The molecule has 0 amide bonds. The number of hydrazone groups is 2. The Labute approximate surface area is 205 Å². The Morgan fingerprint density at radius 1 is 1.00 bits per heavy atom. The Hall–Kier alpha value is -4.18. The molecule has 5 rings (SSSR count). The number of non-ortho nitro benzene ring substituents is 1. The molecule has 3 aromatic carbocycles. The first kappa shape index (κ1) is 22.6. The fourth-order valence-electron chi connectivity index (χ4n) is 4.18. The number of nitro benzene ring substituents is 1. The van der Waals surface area contributed by atoms with Crippen LogP contribution in [0.1, 0.15) is 25.0 Å². The quantitative estimate of drug-likeness (QED) is 0.281. The van der Waals surface area contributed by atoms with Crippen molar-refractivity contribution in [1.29, 1.82) is 0 Å². The Morgan fingerprint density at radius 2 is 1.69 bits per heavy atom. The third-order valence-electron chi connectivity index (χ3n) is 5.66. The summed E-state index contributed by atoms with van der Waals surface area (Å²) in [5.41, 5.74) is 3.65. The summed E-state index contributed by atoms with van der Waals surface area (Å²) in [6.45, 7) is 3.84. The number of para-hydroxylation sites is 1. The van der Waals surface area contributed by atoms with Crippen molar-refractivity contribution in [3.63, 3.8) is 0 Å². The van der Waals surface area contributed by atoms with Gasteiger partial charge in [-0.1, -0.05) is 48.5 Å². The van der Waals surface area contributed by atoms with Crippen molar-refractivity contribution in [2.24, 2.45) is 10.2 Å². The maximum atomic E-state index is 12.9. The van der Waals surface area contributed by atoms with Crippen LogP contribution in [0.25, 0.3) is 0 Å². The minimum Gasteiger partial charge on any atom is -0.461 e. The molecule has 176 valence electrons. The van der Waals surface area contributed by atoms with Crippen LogP contribution in [-0.2, 0) is 14.5 Å². The number of rotatable bonds is 5. The third kappa shape index (κ3) is 3.71. The van der Waals surface area contributed by atoms with E-state index in [9.17, 15) is 14.9 Å². The highest BCUT2D eigenvalue weighted by Gasteiger charge is 2.56. The SMILES string of the molecule is CCOC(=O)C1=NN(c2cccc([N+](=O)[O-])c2)C2(S1)c1ccccc1C(C)=NN2c1ccccc1. The minimum atomic E-state index is -1.17. The van der Waals surface area contributed by atoms with Gasteiger partial charge in [-0.3, -0.25) is 10.1 Å². The average molecular weight is 488 g/mol. The highest BCUT2D eigenvalue weighted by atomic mass is 32.2. The van der Waals surface area contributed by atoms with Gasteiger partial charge in [0.15, 0.2) is 0 Å². The van der Waals surface area contributed by atoms with Gasteiger partial charge in [0, 0.05) is 23.3 Å². The molecule has 0 aliphatic carbocycles. The van der Waals surface area contributed by atoms with Gasteiger partial charge in [-0.2, -0.15) is 10.2 Å². The van der Waals surface area contributed by atoms with Crippen LogP contribution in [0.15, 0.2) is 89.1 Å². The molecular formula is C25H21N5O4S. The van der Waals surface area contributed by atoms with Crippen LogP contribution in [0.3, 0.4) is 0 Å². The number of carbonyl (C=O) groups is 1. The molecule has 35 heavy (non-hydrogen) atoms. The molecule has 0 saturated heterocycles. The number of fused-ring (bicyclic) bond motifs is 2. The third-order valence-corrected chi connectivity index (χ3v) is 6.95. The van der Waals surface area contributed by atoms with Crippen LogP contribution >= 0.6 is 11.8 Å². The molecule has 0 aromatic heterocycles. The zero-order valence-corrected chi connectivity index (χ0v) is 19.8. The number of nitro groups is 1. The summed E-state index contributed by atoms with van der Waals surface area (Å²) >= 11 is 1.20. The molecule has 10 heteroatoms. The van der Waals surface area contributed by atoms with E-state index < -0.39 is 15.9 Å². The lowest BCUT2D eigenvalue weighted by Crippen LogP contribution is -2.53. The molecule has 3 aromatic rings. The Bertz CT molecular complexity index is 1380. The smallest absolute Gasteiger partial charge is 0.365 e. The van der Waals surface area contributed by atoms with Gasteiger partial charge in [0.2, 0.25) is 10.0 Å². The molecule has 0 bridgehead atoms. The number of anilines is 2. The van der Waals surface area contributed by atoms with Gasteiger partial charge in [0.25, 0.3) is 5.69 Å². The second kappa shape index (κ2) is 8.88. The molecule has 2 heterocycles. The number of hydrogen-bond donors (Lipinski definition) is 0. The number of benzene rings is 3. The zero-order valence-electron chi connectivity index (χ0n) is 19.0. The van der Waals surface area contributed by atoms with E-state index in [4.69, 9.17) is 9.84 Å². The molecule has 0 N–H and O–H groups in total. The second-order valence-corrected chi connectivity index (χ2v) is 8.96. The molecule has 0 fully saturated rings. The molecular weight excluding hydrogens is 466 g/mol. The van der Waals surface area contributed by atoms with Crippen molar-refractivity contribution < 1.29 is 14.5 Å². The summed E-state index contributed by atoms with van der Waals surface area (Å²) in [5, 5.41) is 24.7. The number of nitrogens with zero attached hydrogens (tertiary/aromatic N) is 5. The zero-order chi connectivity index (χ0) is 24.6. The summed E-state index contributed by atoms with van der Waals surface area (Å²) < 4.78 is 5.28. The maximum Gasteiger partial charge on any atom is 0.365 e. The fraction of sp³-hybridized carbons (Fsp3) is 0.160. The van der Waals surface area contributed by atoms with Gasteiger partial charge < -0.3 is 4.74 Å². The van der Waals surface area contributed by atoms with Crippen molar-refractivity contribution in [3.8, 4) is 0 Å². The number of thioether (sulfide) groups is 1. The highest BCUT2D eigenvalue weighted by molar-refractivity contribution is 8.16. The first-order valence-corrected chi connectivity index (χ1v) is 11.8. The van der Waals surface area contributed by atoms with Gasteiger partial charge in [-0.15, -0.1) is 0 Å². The molecule has 2 aliphatic rings. The van der Waals surface area contributed by atoms with Crippen LogP contribution in [-0.4, -0.2) is 28.3 Å². The predicted octanol–water partition coefficient (Wildman–Crippen LogP) is 5.08. The molecule has 0 radical (unpaired) electrons. The van der Waals surface area contributed by atoms with Crippen LogP contribution in [0.4, 0.5) is 17.1 Å². The van der Waals surface area contributed by atoms with Crippen LogP contribution in [0.2, 0.25) is 0 Å². The van der Waals surface area contributed by atoms with E-state index in [1.54, 1.807) is 24.1 Å². The first-order chi connectivity index (χ1) is 17.0. The molecule has 9 nitrogen and oxygen atoms in total. The van der Waals surface area contributed by atoms with E-state index in [-0.39, 0.29) is 17.3 Å². The highest BCUT2D eigenvalue weighted by Crippen LogP contribution is 2.54. The monoisotopic (exact) mass is 487 g/mol. The number of hydrogen-bond acceptors (Lipinski definition) is 9. The normalized spacial score (nSPS) is 18.7. The Morgan fingerprint density at radius 3 is 2.43 bits per heavy atom. The van der Waals surface area contributed by atoms with Crippen molar-refractivity contribution in [2.75, 3.05) is 16.6 Å². The van der Waals surface area contributed by atoms with Gasteiger partial charge in [0.05, 0.1) is 28.6 Å². The van der Waals surface area contributed by atoms with Crippen molar-refractivity contribution >= 4 is 45.5 Å². The topological polar surface area (TPSA) is 101 Å². The number of carbonyl (C=O) groups excluding carboxylic acids is 1. The summed E-state index contributed by atoms with van der Waals surface area (Å²) in [5.74, 6) is -0.568. The van der Waals surface area contributed by atoms with E-state index in [1.165, 1.54) is 23.9 Å². The summed E-state index contributed by atoms with van der Waals surface area (Å²) in [7, 11) is 0. The van der Waals surface area contributed by atoms with Crippen molar-refractivity contribution in [2.45, 2.75) is 18.8 Å². The van der Waals surface area contributed by atoms with E-state index in [0.717, 1.165) is 22.5 Å². The first-order valence-electron chi connectivity index (χ1n) is 11.0. The molecule has 1 spiro atoms. The van der Waals surface area contributed by atoms with E-state index in [0.29, 0.717) is 5.69 Å². The summed E-state index contributed by atoms with van der Waals surface area (Å²) in [4.78, 5) is 22.8. The molecule has 2 aliphatic heterocycles. The lowest BCUT2D eigenvalue weighted by Gasteiger charge is -2.46. The van der Waals surface area contributed by atoms with Gasteiger partial charge in [-0.25, -0.2) is 14.8 Å². The Kier molecular flexibility index (Phi) is 5.73. The van der Waals surface area contributed by atoms with Gasteiger partial charge in [0.1, 0.15) is 0 Å². The second-order valence-electron chi connectivity index (χ2n) is 7.80. The van der Waals surface area contributed by atoms with E-state index >= 15 is 0 Å². The van der Waals surface area contributed by atoms with Crippen LogP contribution in [0, 0.1) is 10.1 Å². The molecule has 1 unspecified atom stereocenters. The van der Waals surface area contributed by atoms with E-state index in [2.05, 4.69) is 5.10 Å². The number of esters is 1. The molecule has 1 atom stereocenters. The fourth-order valence-corrected chi connectivity index (χ4v) is 5.46. The maximum absolute atomic E-state index is 12.9. The van der Waals surface area contributed by atoms with Crippen molar-refractivity contribution in [3.05, 3.63) is 100 Å². The van der Waals surface area contributed by atoms with Gasteiger partial charge in [-0.05, 0) is 43.8 Å². The summed E-state index contributed by atoms with van der Waals surface area (Å²) in [6.07, 6.45) is 0. The lowest BCUT2D eigenvalue weighted by molar-refractivity contribution is -0.384. The van der Waals surface area contributed by atoms with Crippen LogP contribution in [0.5, 0.6) is 0 Å².